The third-order valence-electron chi connectivity index (χ3n) is 22.8. The number of ether oxygens (including phenoxy) is 14. The van der Waals surface area contributed by atoms with Crippen LogP contribution in [0.4, 0.5) is 0 Å². The standard InChI is InChI=1S/C62H93N3O36/c1-61-8-6-22-21-5-3-20(72)10-19(21)2-4-23(22)24(61)7-9-62(61,87)32-12-65(64-63-32)11-25-47-33(73)40(80)54(88-25)96-48-26(13-66)90-56(42(82)35(48)75)98-50-28(15-68)92-58(44(84)37(50)77)100-52-30(17-70)94-60(46(86)39(52)79)101-53-31(18-71)93-59(45(85)38(53)78)99-51-29(16-69)91-57(43(83)36(51)76)97-49-27(14-67)89-55(95-47)41(81)34(49)74/h3,5,10,12,22-31,33-60,66-87H,2,4,6-9,11,13-18H2,1H3/t22-,23-,24+,25-,26-,27-,28-,29-,30-,31-,33-,34-,35-,36-,37-,38-,39-,40-,41-,42-,43-,44-,45-,46-,47-,48-,49-,50-,51-,52-,53-,54-,55-,56-,57-,58-,59-,60-,61+,62-/m1/s1. The Hall–Kier alpha value is -3.24. The summed E-state index contributed by atoms with van der Waals surface area (Å²) in [6, 6.07) is 5.46. The first-order valence-electron chi connectivity index (χ1n) is 34.0. The molecule has 1 aromatic carbocycles. The molecule has 39 nitrogen and oxygen atoms in total. The average Bonchev–Trinajstić information content (AvgIpc) is 1.57. The van der Waals surface area contributed by atoms with Gasteiger partial charge in [-0.05, 0) is 79.5 Å². The van der Waals surface area contributed by atoms with Crippen molar-refractivity contribution in [2.24, 2.45) is 17.3 Å². The highest BCUT2D eigenvalue weighted by molar-refractivity contribution is 5.40. The van der Waals surface area contributed by atoms with E-state index in [2.05, 4.69) is 10.3 Å². The number of aromatic hydroxyl groups is 1. The average molecular weight is 1460 g/mol. The number of aromatic nitrogens is 3. The van der Waals surface area contributed by atoms with Crippen molar-refractivity contribution in [3.05, 3.63) is 41.2 Å². The summed E-state index contributed by atoms with van der Waals surface area (Å²) in [6.45, 7) is -4.88. The molecular weight excluding hydrogens is 1360 g/mol. The first-order valence-corrected chi connectivity index (χ1v) is 34.0. The Morgan fingerprint density at radius 3 is 1.05 bits per heavy atom. The van der Waals surface area contributed by atoms with Crippen molar-refractivity contribution in [1.29, 1.82) is 0 Å². The summed E-state index contributed by atoms with van der Waals surface area (Å²) in [6.07, 6.45) is -66.1. The van der Waals surface area contributed by atoms with E-state index in [-0.39, 0.29) is 29.2 Å². The summed E-state index contributed by atoms with van der Waals surface area (Å²) in [5.74, 6) is 0.616. The number of aliphatic hydroxyl groups excluding tert-OH is 20. The number of benzene rings is 1. The van der Waals surface area contributed by atoms with E-state index in [9.17, 15) is 112 Å². The number of fused-ring (bicyclic) bond motifs is 5. The van der Waals surface area contributed by atoms with Gasteiger partial charge in [-0.2, -0.15) is 0 Å². The fourth-order valence-electron chi connectivity index (χ4n) is 17.2. The van der Waals surface area contributed by atoms with Crippen LogP contribution in [0.3, 0.4) is 0 Å². The minimum atomic E-state index is -2.26. The Morgan fingerprint density at radius 2 is 0.723 bits per heavy atom. The fraction of sp³-hybridized carbons (Fsp3) is 0.871. The Labute approximate surface area is 574 Å². The van der Waals surface area contributed by atoms with Crippen LogP contribution in [0.15, 0.2) is 24.4 Å². The summed E-state index contributed by atoms with van der Waals surface area (Å²) in [7, 11) is 0. The van der Waals surface area contributed by atoms with Crippen molar-refractivity contribution in [1.82, 2.24) is 15.0 Å². The number of aliphatic hydroxyl groups is 21. The maximum absolute atomic E-state index is 12.9. The number of phenolic OH excluding ortho intramolecular Hbond substituents is 1. The monoisotopic (exact) mass is 1460 g/mol. The van der Waals surface area contributed by atoms with Crippen molar-refractivity contribution in [3.63, 3.8) is 0 Å². The Balaban J connectivity index is 0.796. The van der Waals surface area contributed by atoms with Gasteiger partial charge in [-0.25, -0.2) is 4.68 Å². The Morgan fingerprint density at radius 1 is 0.406 bits per heavy atom. The van der Waals surface area contributed by atoms with E-state index in [1.54, 1.807) is 12.1 Å². The highest BCUT2D eigenvalue weighted by Gasteiger charge is 2.65. The maximum Gasteiger partial charge on any atom is 0.187 e. The van der Waals surface area contributed by atoms with E-state index in [0.717, 1.165) is 24.8 Å². The Kier molecular flexibility index (Phi) is 22.9. The van der Waals surface area contributed by atoms with Gasteiger partial charge in [0.25, 0.3) is 0 Å². The first kappa shape index (κ1) is 76.0. The summed E-state index contributed by atoms with van der Waals surface area (Å²) in [5.41, 5.74) is 0.182. The van der Waals surface area contributed by atoms with Crippen LogP contribution in [0.5, 0.6) is 5.75 Å². The number of hydrogen-bond acceptors (Lipinski definition) is 38. The molecule has 21 aliphatic heterocycles. The lowest BCUT2D eigenvalue weighted by atomic mass is 9.53. The molecule has 0 radical (unpaired) electrons. The van der Waals surface area contributed by atoms with E-state index < -0.39 is 272 Å². The molecule has 14 bridgehead atoms. The molecule has 1 aromatic heterocycles. The van der Waals surface area contributed by atoms with Crippen molar-refractivity contribution < 1.29 is 179 Å². The van der Waals surface area contributed by atoms with Crippen LogP contribution in [-0.2, 0) is 84.9 Å². The van der Waals surface area contributed by atoms with Crippen molar-refractivity contribution >= 4 is 0 Å². The highest BCUT2D eigenvalue weighted by Crippen LogP contribution is 2.67. The molecule has 0 amide bonds. The van der Waals surface area contributed by atoms with Crippen LogP contribution in [0.25, 0.3) is 0 Å². The predicted octanol–water partition coefficient (Wildman–Crippen LogP) is -11.5. The summed E-state index contributed by atoms with van der Waals surface area (Å²) in [5, 5.41) is 259. The molecule has 21 saturated heterocycles. The molecule has 0 unspecified atom stereocenters. The Bertz CT molecular complexity index is 3060. The molecule has 22 heterocycles. The number of rotatable bonds is 9. The van der Waals surface area contributed by atoms with Crippen LogP contribution < -0.4 is 0 Å². The van der Waals surface area contributed by atoms with Crippen molar-refractivity contribution in [2.75, 3.05) is 39.6 Å². The van der Waals surface area contributed by atoms with Gasteiger partial charge >= 0.3 is 0 Å². The predicted molar refractivity (Wildman–Crippen MR) is 318 cm³/mol. The van der Waals surface area contributed by atoms with E-state index in [4.69, 9.17) is 66.3 Å². The van der Waals surface area contributed by atoms with Gasteiger partial charge in [-0.3, -0.25) is 0 Å². The van der Waals surface area contributed by atoms with Crippen LogP contribution in [0.2, 0.25) is 0 Å². The molecule has 26 rings (SSSR count). The number of phenols is 1. The fourth-order valence-corrected chi connectivity index (χ4v) is 17.2. The van der Waals surface area contributed by atoms with Crippen LogP contribution in [-0.4, -0.2) is 382 Å². The van der Waals surface area contributed by atoms with Crippen LogP contribution >= 0.6 is 0 Å². The lowest BCUT2D eigenvalue weighted by molar-refractivity contribution is -0.396. The quantitative estimate of drug-likeness (QED) is 0.111. The molecule has 39 heteroatoms. The molecule has 23 fully saturated rings. The zero-order valence-corrected chi connectivity index (χ0v) is 54.3. The smallest absolute Gasteiger partial charge is 0.187 e. The number of nitrogens with zero attached hydrogens (tertiary/aromatic N) is 3. The normalized spacial score (nSPS) is 52.1. The second-order valence-electron chi connectivity index (χ2n) is 28.4. The van der Waals surface area contributed by atoms with Crippen molar-refractivity contribution in [2.45, 2.75) is 278 Å². The van der Waals surface area contributed by atoms with E-state index in [0.29, 0.717) is 19.3 Å². The lowest BCUT2D eigenvalue weighted by Gasteiger charge is -2.52. The minimum absolute atomic E-state index is 0.0393. The SMILES string of the molecule is C[C@]12CC[C@@H]3c4ccc(O)cc4CC[C@H]3[C@@H]1CC[C@@]2(O)c1cn(C[C@H]2O[C@@H]3O[C@H]4[C@H](O)[C@@H](O)[C@@H](O[C@H]5[C@H](O)[C@@H](O)[C@@H](O[C@H]6[C@H](O)[C@@H](O)[C@@H](O[C@H]7[C@H](O)[C@@H](O)[C@@H](O[C@H]8[C@H](O)[C@@H](O)[C@@H](O[C@H]9[C@H](O)[C@@H](O)[C@@H](O[C@H]2[C@H](O)[C@H]3O)O[C@@H]9CO)O[C@@H]8CO)O[C@@H]7CO)O[C@@H]6CO)O[C@@H]5CO)O[C@@H]4CO)nn1. The van der Waals surface area contributed by atoms with Gasteiger partial charge in [0.1, 0.15) is 188 Å². The van der Waals surface area contributed by atoms with Crippen LogP contribution in [0, 0.1) is 17.3 Å². The summed E-state index contributed by atoms with van der Waals surface area (Å²) in [4.78, 5) is 0. The van der Waals surface area contributed by atoms with Crippen LogP contribution in [0.1, 0.15) is 61.8 Å². The molecule has 0 spiro atoms. The van der Waals surface area contributed by atoms with E-state index in [1.165, 1.54) is 16.4 Å². The number of aryl methyl sites for hydroxylation is 1. The largest absolute Gasteiger partial charge is 0.508 e. The molecule has 572 valence electrons. The number of hydrogen-bond donors (Lipinski definition) is 22. The highest BCUT2D eigenvalue weighted by atomic mass is 16.8. The van der Waals surface area contributed by atoms with Gasteiger partial charge in [0.2, 0.25) is 0 Å². The second kappa shape index (κ2) is 30.4. The van der Waals surface area contributed by atoms with Gasteiger partial charge < -0.3 is 179 Å². The van der Waals surface area contributed by atoms with Crippen molar-refractivity contribution in [3.8, 4) is 5.75 Å². The molecule has 40 atom stereocenters. The third-order valence-corrected chi connectivity index (χ3v) is 22.8. The molecule has 2 saturated carbocycles. The van der Waals surface area contributed by atoms with E-state index >= 15 is 0 Å². The first-order chi connectivity index (χ1) is 48.2. The molecule has 24 aliphatic rings. The lowest BCUT2D eigenvalue weighted by Crippen LogP contribution is -2.68. The summed E-state index contributed by atoms with van der Waals surface area (Å²) >= 11 is 0. The molecule has 3 aliphatic carbocycles. The molecule has 22 N–H and O–H groups in total. The summed E-state index contributed by atoms with van der Waals surface area (Å²) < 4.78 is 83.8. The van der Waals surface area contributed by atoms with Gasteiger partial charge in [0, 0.05) is 5.41 Å². The minimum Gasteiger partial charge on any atom is -0.508 e. The zero-order valence-electron chi connectivity index (χ0n) is 54.3. The van der Waals surface area contributed by atoms with Gasteiger partial charge in [0.05, 0.1) is 52.4 Å². The topological polar surface area (TPSA) is 605 Å². The molecule has 2 aromatic rings. The van der Waals surface area contributed by atoms with Gasteiger partial charge in [-0.1, -0.05) is 18.2 Å². The van der Waals surface area contributed by atoms with Gasteiger partial charge in [0.15, 0.2) is 44.0 Å². The zero-order chi connectivity index (χ0) is 72.2. The van der Waals surface area contributed by atoms with Gasteiger partial charge in [-0.15, -0.1) is 5.10 Å². The third kappa shape index (κ3) is 13.6. The molecular formula is C62H93N3O36. The van der Waals surface area contributed by atoms with E-state index in [1.807, 2.05) is 13.0 Å². The molecule has 101 heavy (non-hydrogen) atoms. The second-order valence-corrected chi connectivity index (χ2v) is 28.4. The maximum atomic E-state index is 12.9.